The average Bonchev–Trinajstić information content (AvgIpc) is 2.60. The van der Waals surface area contributed by atoms with Gasteiger partial charge in [-0.3, -0.25) is 0 Å². The van der Waals surface area contributed by atoms with Gasteiger partial charge in [0.05, 0.1) is 4.90 Å². The van der Waals surface area contributed by atoms with Crippen molar-refractivity contribution in [2.45, 2.75) is 57.0 Å². The summed E-state index contributed by atoms with van der Waals surface area (Å²) in [7, 11) is -3.53. The predicted octanol–water partition coefficient (Wildman–Crippen LogP) is 4.82. The van der Waals surface area contributed by atoms with Gasteiger partial charge in [-0.1, -0.05) is 0 Å². The van der Waals surface area contributed by atoms with Crippen molar-refractivity contribution in [2.75, 3.05) is 13.1 Å². The molecule has 1 aliphatic carbocycles. The molecule has 28 heavy (non-hydrogen) atoms. The first kappa shape index (κ1) is 23.6. The van der Waals surface area contributed by atoms with Gasteiger partial charge in [-0.05, 0) is 108 Å². The highest BCUT2D eigenvalue weighted by Gasteiger charge is 2.24. The highest BCUT2D eigenvalue weighted by molar-refractivity contribution is 9.13. The fourth-order valence-corrected chi connectivity index (χ4v) is 5.06. The topological polar surface area (TPSA) is 84.5 Å². The molecule has 0 aromatic heterocycles. The van der Waals surface area contributed by atoms with E-state index in [1.54, 1.807) is 18.2 Å². The molecule has 0 bridgehead atoms. The van der Waals surface area contributed by atoms with Crippen molar-refractivity contribution in [3.8, 4) is 0 Å². The van der Waals surface area contributed by atoms with Crippen molar-refractivity contribution >= 4 is 48.0 Å². The number of carbonyl (C=O) groups excluding carboxylic acids is 1. The van der Waals surface area contributed by atoms with Gasteiger partial charge in [0.15, 0.2) is 0 Å². The molecule has 0 heterocycles. The second kappa shape index (κ2) is 9.91. The molecule has 2 N–H and O–H groups in total. The summed E-state index contributed by atoms with van der Waals surface area (Å²) in [5, 5.41) is 2.83. The molecule has 6 nitrogen and oxygen atoms in total. The smallest absolute Gasteiger partial charge is 0.407 e. The summed E-state index contributed by atoms with van der Waals surface area (Å²) in [5.41, 5.74) is -0.497. The monoisotopic (exact) mass is 538 g/mol. The minimum atomic E-state index is -3.53. The van der Waals surface area contributed by atoms with E-state index in [1.807, 2.05) is 20.8 Å². The molecule has 1 amide bonds. The summed E-state index contributed by atoms with van der Waals surface area (Å²) >= 11 is 6.68. The lowest BCUT2D eigenvalue weighted by atomic mass is 9.82. The van der Waals surface area contributed by atoms with Crippen LogP contribution in [0.4, 0.5) is 4.79 Å². The highest BCUT2D eigenvalue weighted by atomic mass is 79.9. The maximum atomic E-state index is 12.5. The SMILES string of the molecule is CC(C)(C)OC(=O)NCC1CCC(CNS(=O)(=O)c2ccc(Br)c(Br)c2)CC1. The summed E-state index contributed by atoms with van der Waals surface area (Å²) in [5.74, 6) is 0.717. The Labute approximate surface area is 184 Å². The van der Waals surface area contributed by atoms with Crippen LogP contribution in [0.25, 0.3) is 0 Å². The van der Waals surface area contributed by atoms with Gasteiger partial charge in [0, 0.05) is 22.0 Å². The predicted molar refractivity (Wildman–Crippen MR) is 117 cm³/mol. The van der Waals surface area contributed by atoms with Crippen molar-refractivity contribution in [1.82, 2.24) is 10.0 Å². The van der Waals surface area contributed by atoms with Gasteiger partial charge >= 0.3 is 6.09 Å². The van der Waals surface area contributed by atoms with Crippen LogP contribution in [-0.2, 0) is 14.8 Å². The third-order valence-electron chi connectivity index (χ3n) is 4.66. The van der Waals surface area contributed by atoms with E-state index in [0.29, 0.717) is 29.4 Å². The quantitative estimate of drug-likeness (QED) is 0.542. The summed E-state index contributed by atoms with van der Waals surface area (Å²) < 4.78 is 34.5. The Morgan fingerprint density at radius 1 is 1.07 bits per heavy atom. The fraction of sp³-hybridized carbons (Fsp3) is 0.632. The number of sulfonamides is 1. The van der Waals surface area contributed by atoms with Crippen molar-refractivity contribution in [3.63, 3.8) is 0 Å². The van der Waals surface area contributed by atoms with E-state index < -0.39 is 15.6 Å². The Morgan fingerprint density at radius 2 is 1.64 bits per heavy atom. The van der Waals surface area contributed by atoms with E-state index in [-0.39, 0.29) is 11.0 Å². The van der Waals surface area contributed by atoms with E-state index in [0.717, 1.165) is 30.2 Å². The average molecular weight is 540 g/mol. The number of benzene rings is 1. The van der Waals surface area contributed by atoms with Gasteiger partial charge in [0.1, 0.15) is 5.60 Å². The molecule has 158 valence electrons. The number of hydrogen-bond donors (Lipinski definition) is 2. The number of rotatable bonds is 6. The largest absolute Gasteiger partial charge is 0.444 e. The fourth-order valence-electron chi connectivity index (χ4n) is 3.14. The lowest BCUT2D eigenvalue weighted by molar-refractivity contribution is 0.0513. The van der Waals surface area contributed by atoms with Crippen LogP contribution in [0.2, 0.25) is 0 Å². The maximum Gasteiger partial charge on any atom is 0.407 e. The Morgan fingerprint density at radius 3 is 2.18 bits per heavy atom. The van der Waals surface area contributed by atoms with Crippen molar-refractivity contribution in [3.05, 3.63) is 27.1 Å². The lowest BCUT2D eigenvalue weighted by Gasteiger charge is -2.29. The molecule has 1 fully saturated rings. The molecule has 0 radical (unpaired) electrons. The molecule has 9 heteroatoms. The standard InChI is InChI=1S/C19H28Br2N2O4S/c1-19(2,3)27-18(24)22-11-13-4-6-14(7-5-13)12-23-28(25,26)15-8-9-16(20)17(21)10-15/h8-10,13-14,23H,4-7,11-12H2,1-3H3,(H,22,24). The van der Waals surface area contributed by atoms with E-state index in [9.17, 15) is 13.2 Å². The van der Waals surface area contributed by atoms with Crippen LogP contribution in [0.3, 0.4) is 0 Å². The van der Waals surface area contributed by atoms with Gasteiger partial charge in [-0.2, -0.15) is 0 Å². The molecule has 1 aromatic rings. The van der Waals surface area contributed by atoms with Gasteiger partial charge < -0.3 is 10.1 Å². The first-order valence-electron chi connectivity index (χ1n) is 9.38. The normalized spacial score (nSPS) is 20.6. The zero-order valence-corrected chi connectivity index (χ0v) is 20.4. The molecule has 0 atom stereocenters. The number of carbonyl (C=O) groups is 1. The Balaban J connectivity index is 1.75. The van der Waals surface area contributed by atoms with Crippen LogP contribution in [0.15, 0.2) is 32.0 Å². The minimum absolute atomic E-state index is 0.248. The number of hydrogen-bond acceptors (Lipinski definition) is 4. The summed E-state index contributed by atoms with van der Waals surface area (Å²) in [4.78, 5) is 12.0. The van der Waals surface area contributed by atoms with Gasteiger partial charge in [-0.25, -0.2) is 17.9 Å². The van der Waals surface area contributed by atoms with E-state index >= 15 is 0 Å². The Hall–Kier alpha value is -0.640. The second-order valence-electron chi connectivity index (χ2n) is 8.20. The zero-order valence-electron chi connectivity index (χ0n) is 16.4. The summed E-state index contributed by atoms with van der Waals surface area (Å²) in [6.45, 7) is 6.55. The third kappa shape index (κ3) is 7.65. The molecule has 1 aromatic carbocycles. The zero-order chi connectivity index (χ0) is 20.9. The highest BCUT2D eigenvalue weighted by Crippen LogP contribution is 2.29. The van der Waals surface area contributed by atoms with Gasteiger partial charge in [0.2, 0.25) is 10.0 Å². The maximum absolute atomic E-state index is 12.5. The molecule has 0 saturated heterocycles. The number of alkyl carbamates (subject to hydrolysis) is 1. The molecule has 2 rings (SSSR count). The Kier molecular flexibility index (Phi) is 8.37. The number of nitrogens with one attached hydrogen (secondary N) is 2. The molecule has 0 aliphatic heterocycles. The summed E-state index contributed by atoms with van der Waals surface area (Å²) in [6, 6.07) is 4.88. The van der Waals surface area contributed by atoms with Crippen molar-refractivity contribution in [1.29, 1.82) is 0 Å². The molecule has 0 unspecified atom stereocenters. The van der Waals surface area contributed by atoms with E-state index in [1.165, 1.54) is 0 Å². The van der Waals surface area contributed by atoms with E-state index in [4.69, 9.17) is 4.74 Å². The lowest BCUT2D eigenvalue weighted by Crippen LogP contribution is -2.37. The van der Waals surface area contributed by atoms with Crippen LogP contribution >= 0.6 is 31.9 Å². The van der Waals surface area contributed by atoms with Gasteiger partial charge in [0.25, 0.3) is 0 Å². The molecule has 1 saturated carbocycles. The van der Waals surface area contributed by atoms with Crippen molar-refractivity contribution in [2.24, 2.45) is 11.8 Å². The van der Waals surface area contributed by atoms with Crippen LogP contribution in [0, 0.1) is 11.8 Å². The molecular weight excluding hydrogens is 512 g/mol. The summed E-state index contributed by atoms with van der Waals surface area (Å²) in [6.07, 6.45) is 3.42. The number of ether oxygens (including phenoxy) is 1. The molecule has 1 aliphatic rings. The van der Waals surface area contributed by atoms with Crippen LogP contribution in [-0.4, -0.2) is 33.2 Å². The van der Waals surface area contributed by atoms with Crippen LogP contribution in [0.5, 0.6) is 0 Å². The first-order chi connectivity index (χ1) is 13.0. The van der Waals surface area contributed by atoms with Crippen LogP contribution < -0.4 is 10.0 Å². The van der Waals surface area contributed by atoms with Crippen LogP contribution in [0.1, 0.15) is 46.5 Å². The minimum Gasteiger partial charge on any atom is -0.444 e. The van der Waals surface area contributed by atoms with Gasteiger partial charge in [-0.15, -0.1) is 0 Å². The Bertz CT molecular complexity index is 786. The third-order valence-corrected chi connectivity index (χ3v) is 7.96. The number of halogens is 2. The first-order valence-corrected chi connectivity index (χ1v) is 12.4. The van der Waals surface area contributed by atoms with Crippen molar-refractivity contribution < 1.29 is 17.9 Å². The second-order valence-corrected chi connectivity index (χ2v) is 11.7. The number of amides is 1. The molecule has 0 spiro atoms. The molecular formula is C19H28Br2N2O4S. The van der Waals surface area contributed by atoms with E-state index in [2.05, 4.69) is 41.9 Å².